The third kappa shape index (κ3) is 3.22. The second kappa shape index (κ2) is 5.69. The van der Waals surface area contributed by atoms with Crippen molar-refractivity contribution in [3.05, 3.63) is 45.2 Å². The lowest BCUT2D eigenvalue weighted by Crippen LogP contribution is -2.17. The molecule has 0 aromatic carbocycles. The molecule has 0 bridgehead atoms. The standard InChI is InChI=1S/C13H15ClN2OS/c1-9(17)10-5-6-15-13(7-10)16(2)8-11-3-4-12(14)18-11/h3-7,9,17H,8H2,1-2H3/t9-/m0/s1. The molecule has 2 aromatic rings. The molecule has 2 rings (SSSR count). The van der Waals surface area contributed by atoms with Crippen LogP contribution in [0.1, 0.15) is 23.5 Å². The quantitative estimate of drug-likeness (QED) is 0.933. The number of hydrogen-bond donors (Lipinski definition) is 1. The molecule has 0 aliphatic carbocycles. The fourth-order valence-corrected chi connectivity index (χ4v) is 2.80. The molecule has 0 saturated carbocycles. The van der Waals surface area contributed by atoms with E-state index in [2.05, 4.69) is 4.98 Å². The summed E-state index contributed by atoms with van der Waals surface area (Å²) in [6.07, 6.45) is 1.24. The molecule has 5 heteroatoms. The molecular formula is C13H15ClN2OS. The number of rotatable bonds is 4. The number of halogens is 1. The van der Waals surface area contributed by atoms with Crippen molar-refractivity contribution in [1.82, 2.24) is 4.98 Å². The van der Waals surface area contributed by atoms with E-state index < -0.39 is 6.10 Å². The minimum Gasteiger partial charge on any atom is -0.389 e. The fraction of sp³-hybridized carbons (Fsp3) is 0.308. The Bertz CT molecular complexity index is 527. The maximum Gasteiger partial charge on any atom is 0.128 e. The Labute approximate surface area is 116 Å². The Balaban J connectivity index is 2.13. The first-order valence-corrected chi connectivity index (χ1v) is 6.85. The molecule has 0 radical (unpaired) electrons. The third-order valence-electron chi connectivity index (χ3n) is 2.66. The summed E-state index contributed by atoms with van der Waals surface area (Å²) >= 11 is 7.48. The lowest BCUT2D eigenvalue weighted by Gasteiger charge is -2.18. The average Bonchev–Trinajstić information content (AvgIpc) is 2.75. The van der Waals surface area contributed by atoms with Crippen molar-refractivity contribution < 1.29 is 5.11 Å². The molecule has 3 nitrogen and oxygen atoms in total. The summed E-state index contributed by atoms with van der Waals surface area (Å²) in [5, 5.41) is 9.56. The highest BCUT2D eigenvalue weighted by molar-refractivity contribution is 7.16. The molecule has 0 unspecified atom stereocenters. The van der Waals surface area contributed by atoms with Gasteiger partial charge in [-0.25, -0.2) is 4.98 Å². The van der Waals surface area contributed by atoms with Gasteiger partial charge in [0.2, 0.25) is 0 Å². The number of nitrogens with zero attached hydrogens (tertiary/aromatic N) is 2. The maximum atomic E-state index is 9.56. The summed E-state index contributed by atoms with van der Waals surface area (Å²) < 4.78 is 0.795. The van der Waals surface area contributed by atoms with E-state index in [1.807, 2.05) is 36.2 Å². The molecule has 0 saturated heterocycles. The van der Waals surface area contributed by atoms with Gasteiger partial charge >= 0.3 is 0 Å². The number of pyridine rings is 1. The third-order valence-corrected chi connectivity index (χ3v) is 3.88. The van der Waals surface area contributed by atoms with E-state index in [0.29, 0.717) is 0 Å². The summed E-state index contributed by atoms with van der Waals surface area (Å²) in [4.78, 5) is 7.53. The van der Waals surface area contributed by atoms with Crippen molar-refractivity contribution in [2.75, 3.05) is 11.9 Å². The zero-order valence-corrected chi connectivity index (χ0v) is 11.9. The number of hydrogen-bond acceptors (Lipinski definition) is 4. The van der Waals surface area contributed by atoms with Crippen molar-refractivity contribution >= 4 is 28.8 Å². The van der Waals surface area contributed by atoms with Crippen LogP contribution in [-0.2, 0) is 6.54 Å². The SMILES string of the molecule is C[C@H](O)c1ccnc(N(C)Cc2ccc(Cl)s2)c1. The van der Waals surface area contributed by atoms with Gasteiger partial charge in [-0.05, 0) is 36.8 Å². The van der Waals surface area contributed by atoms with Gasteiger partial charge in [0.25, 0.3) is 0 Å². The van der Waals surface area contributed by atoms with Gasteiger partial charge in [0.15, 0.2) is 0 Å². The van der Waals surface area contributed by atoms with E-state index in [9.17, 15) is 5.11 Å². The second-order valence-corrected chi connectivity index (χ2v) is 5.98. The Morgan fingerprint density at radius 1 is 1.44 bits per heavy atom. The number of aliphatic hydroxyl groups is 1. The van der Waals surface area contributed by atoms with E-state index in [-0.39, 0.29) is 0 Å². The summed E-state index contributed by atoms with van der Waals surface area (Å²) in [6, 6.07) is 7.64. The number of anilines is 1. The van der Waals surface area contributed by atoms with Crippen molar-refractivity contribution in [2.24, 2.45) is 0 Å². The Morgan fingerprint density at radius 3 is 2.83 bits per heavy atom. The van der Waals surface area contributed by atoms with Crippen LogP contribution in [0.15, 0.2) is 30.5 Å². The van der Waals surface area contributed by atoms with Gasteiger partial charge in [-0.1, -0.05) is 11.6 Å². The summed E-state index contributed by atoms with van der Waals surface area (Å²) in [7, 11) is 1.97. The first-order valence-electron chi connectivity index (χ1n) is 5.65. The molecule has 0 aliphatic heterocycles. The maximum absolute atomic E-state index is 9.56. The van der Waals surface area contributed by atoms with Crippen LogP contribution >= 0.6 is 22.9 Å². The molecule has 0 spiro atoms. The van der Waals surface area contributed by atoms with E-state index in [1.165, 1.54) is 4.88 Å². The van der Waals surface area contributed by atoms with Gasteiger partial charge in [-0.3, -0.25) is 0 Å². The normalized spacial score (nSPS) is 12.4. The second-order valence-electron chi connectivity index (χ2n) is 4.19. The molecule has 0 fully saturated rings. The topological polar surface area (TPSA) is 36.4 Å². The number of aliphatic hydroxyl groups excluding tert-OH is 1. The highest BCUT2D eigenvalue weighted by atomic mass is 35.5. The zero-order chi connectivity index (χ0) is 13.1. The molecule has 0 amide bonds. The lowest BCUT2D eigenvalue weighted by molar-refractivity contribution is 0.199. The van der Waals surface area contributed by atoms with Crippen molar-refractivity contribution in [1.29, 1.82) is 0 Å². The van der Waals surface area contributed by atoms with E-state index in [1.54, 1.807) is 24.5 Å². The molecule has 2 aromatic heterocycles. The minimum absolute atomic E-state index is 0.476. The minimum atomic E-state index is -0.476. The largest absolute Gasteiger partial charge is 0.389 e. The first-order chi connectivity index (χ1) is 8.56. The van der Waals surface area contributed by atoms with Gasteiger partial charge in [-0.2, -0.15) is 0 Å². The van der Waals surface area contributed by atoms with Crippen molar-refractivity contribution in [2.45, 2.75) is 19.6 Å². The van der Waals surface area contributed by atoms with Crippen molar-refractivity contribution in [3.63, 3.8) is 0 Å². The molecule has 18 heavy (non-hydrogen) atoms. The Kier molecular flexibility index (Phi) is 4.22. The fourth-order valence-electron chi connectivity index (χ4n) is 1.65. The summed E-state index contributed by atoms with van der Waals surface area (Å²) in [5.74, 6) is 0.845. The highest BCUT2D eigenvalue weighted by Crippen LogP contribution is 2.24. The highest BCUT2D eigenvalue weighted by Gasteiger charge is 2.08. The van der Waals surface area contributed by atoms with Crippen LogP contribution in [-0.4, -0.2) is 17.1 Å². The van der Waals surface area contributed by atoms with Gasteiger partial charge in [0.05, 0.1) is 17.0 Å². The van der Waals surface area contributed by atoms with E-state index >= 15 is 0 Å². The number of aromatic nitrogens is 1. The zero-order valence-electron chi connectivity index (χ0n) is 10.3. The molecule has 96 valence electrons. The lowest BCUT2D eigenvalue weighted by atomic mass is 10.2. The molecule has 1 N–H and O–H groups in total. The van der Waals surface area contributed by atoms with Crippen LogP contribution in [0.3, 0.4) is 0 Å². The Morgan fingerprint density at radius 2 is 2.22 bits per heavy atom. The molecular weight excluding hydrogens is 268 g/mol. The van der Waals surface area contributed by atoms with Gasteiger partial charge in [0, 0.05) is 18.1 Å². The first kappa shape index (κ1) is 13.3. The monoisotopic (exact) mass is 282 g/mol. The van der Waals surface area contributed by atoms with Crippen LogP contribution in [0, 0.1) is 0 Å². The predicted octanol–water partition coefficient (Wildman–Crippen LogP) is 3.49. The summed E-state index contributed by atoms with van der Waals surface area (Å²) in [6.45, 7) is 2.51. The molecule has 2 heterocycles. The summed E-state index contributed by atoms with van der Waals surface area (Å²) in [5.41, 5.74) is 0.871. The van der Waals surface area contributed by atoms with Crippen LogP contribution in [0.4, 0.5) is 5.82 Å². The van der Waals surface area contributed by atoms with Gasteiger partial charge < -0.3 is 10.0 Å². The Hall–Kier alpha value is -1.10. The predicted molar refractivity (Wildman–Crippen MR) is 76.3 cm³/mol. The van der Waals surface area contributed by atoms with Crippen LogP contribution in [0.5, 0.6) is 0 Å². The smallest absolute Gasteiger partial charge is 0.128 e. The molecule has 1 atom stereocenters. The van der Waals surface area contributed by atoms with E-state index in [4.69, 9.17) is 11.6 Å². The molecule has 0 aliphatic rings. The van der Waals surface area contributed by atoms with E-state index in [0.717, 1.165) is 22.3 Å². The van der Waals surface area contributed by atoms with Crippen molar-refractivity contribution in [3.8, 4) is 0 Å². The van der Waals surface area contributed by atoms with Gasteiger partial charge in [-0.15, -0.1) is 11.3 Å². The van der Waals surface area contributed by atoms with Crippen LogP contribution in [0.2, 0.25) is 4.34 Å². The van der Waals surface area contributed by atoms with Crippen LogP contribution < -0.4 is 4.90 Å². The van der Waals surface area contributed by atoms with Crippen LogP contribution in [0.25, 0.3) is 0 Å². The average molecular weight is 283 g/mol. The number of thiophene rings is 1. The van der Waals surface area contributed by atoms with Gasteiger partial charge in [0.1, 0.15) is 5.82 Å².